The van der Waals surface area contributed by atoms with Crippen molar-refractivity contribution in [2.24, 2.45) is 5.92 Å². The van der Waals surface area contributed by atoms with E-state index in [-0.39, 0.29) is 17.9 Å². The van der Waals surface area contributed by atoms with Crippen molar-refractivity contribution in [2.75, 3.05) is 19.6 Å². The highest BCUT2D eigenvalue weighted by Crippen LogP contribution is 2.21. The second-order valence-electron chi connectivity index (χ2n) is 10.3. The van der Waals surface area contributed by atoms with Crippen LogP contribution >= 0.6 is 0 Å². The molecule has 2 aromatic rings. The van der Waals surface area contributed by atoms with Gasteiger partial charge in [-0.25, -0.2) is 0 Å². The molecular weight excluding hydrogens is 434 g/mol. The largest absolute Gasteiger partial charge is 0.338 e. The molecule has 1 aromatic carbocycles. The Hall–Kier alpha value is -2.28. The van der Waals surface area contributed by atoms with Crippen LogP contribution in [-0.4, -0.2) is 47.5 Å². The van der Waals surface area contributed by atoms with E-state index in [1.807, 2.05) is 36.2 Å². The number of nitrogens with zero attached hydrogens (tertiary/aromatic N) is 2. The van der Waals surface area contributed by atoms with E-state index in [4.69, 9.17) is 0 Å². The van der Waals surface area contributed by atoms with E-state index in [1.165, 1.54) is 49.7 Å². The molecule has 1 amide bonds. The fourth-order valence-electron chi connectivity index (χ4n) is 5.33. The molecule has 6 heteroatoms. The zero-order valence-corrected chi connectivity index (χ0v) is 21.3. The van der Waals surface area contributed by atoms with Crippen molar-refractivity contribution in [3.8, 4) is 0 Å². The molecule has 1 aromatic heterocycles. The predicted octanol–water partition coefficient (Wildman–Crippen LogP) is 4.01. The molecule has 0 bridgehead atoms. The number of hydrogen-bond donors (Lipinski definition) is 3. The molecule has 2 atom stereocenters. The van der Waals surface area contributed by atoms with E-state index in [2.05, 4.69) is 45.2 Å². The summed E-state index contributed by atoms with van der Waals surface area (Å²) in [5.41, 5.74) is 3.51. The molecule has 6 nitrogen and oxygen atoms in total. The van der Waals surface area contributed by atoms with E-state index >= 15 is 0 Å². The zero-order chi connectivity index (χ0) is 24.3. The summed E-state index contributed by atoms with van der Waals surface area (Å²) in [6, 6.07) is 15.6. The van der Waals surface area contributed by atoms with E-state index in [1.54, 1.807) is 0 Å². The summed E-state index contributed by atoms with van der Waals surface area (Å²) < 4.78 is 0. The summed E-state index contributed by atoms with van der Waals surface area (Å²) in [6.45, 7) is 7.28. The molecule has 2 fully saturated rings. The van der Waals surface area contributed by atoms with Crippen LogP contribution in [0.15, 0.2) is 48.7 Å². The maximum Gasteiger partial charge on any atom is 0.227 e. The van der Waals surface area contributed by atoms with Gasteiger partial charge in [-0.05, 0) is 62.0 Å². The molecule has 3 N–H and O–H groups in total. The fraction of sp³-hybridized carbons (Fsp3) is 0.586. The van der Waals surface area contributed by atoms with Crippen LogP contribution < -0.4 is 16.0 Å². The highest BCUT2D eigenvalue weighted by Gasteiger charge is 2.32. The molecule has 0 spiro atoms. The highest BCUT2D eigenvalue weighted by atomic mass is 16.2. The monoisotopic (exact) mass is 477 g/mol. The molecule has 2 heterocycles. The van der Waals surface area contributed by atoms with Crippen molar-refractivity contribution in [1.82, 2.24) is 25.8 Å². The third-order valence-corrected chi connectivity index (χ3v) is 7.58. The molecule has 0 radical (unpaired) electrons. The Kier molecular flexibility index (Phi) is 10.1. The van der Waals surface area contributed by atoms with E-state index in [0.717, 1.165) is 44.3 Å². The van der Waals surface area contributed by atoms with Crippen LogP contribution in [0.1, 0.15) is 68.7 Å². The Labute approximate surface area is 211 Å². The Bertz CT molecular complexity index is 882. The Morgan fingerprint density at radius 3 is 2.49 bits per heavy atom. The lowest BCUT2D eigenvalue weighted by molar-refractivity contribution is -0.139. The highest BCUT2D eigenvalue weighted by molar-refractivity contribution is 5.80. The van der Waals surface area contributed by atoms with Gasteiger partial charge in [0.15, 0.2) is 0 Å². The van der Waals surface area contributed by atoms with Gasteiger partial charge in [-0.3, -0.25) is 9.78 Å². The second-order valence-corrected chi connectivity index (χ2v) is 10.3. The number of nitrogens with one attached hydrogen (secondary N) is 3. The number of amides is 1. The Morgan fingerprint density at radius 2 is 1.71 bits per heavy atom. The van der Waals surface area contributed by atoms with Gasteiger partial charge in [0.05, 0.1) is 11.6 Å². The van der Waals surface area contributed by atoms with Gasteiger partial charge in [-0.2, -0.15) is 0 Å². The quantitative estimate of drug-likeness (QED) is 0.403. The van der Waals surface area contributed by atoms with Crippen LogP contribution in [0.4, 0.5) is 0 Å². The van der Waals surface area contributed by atoms with Crippen molar-refractivity contribution in [2.45, 2.75) is 83.6 Å². The molecule has 1 saturated carbocycles. The lowest BCUT2D eigenvalue weighted by Crippen LogP contribution is -2.51. The van der Waals surface area contributed by atoms with Crippen LogP contribution in [0, 0.1) is 5.92 Å². The molecule has 190 valence electrons. The lowest BCUT2D eigenvalue weighted by atomic mass is 9.92. The van der Waals surface area contributed by atoms with Gasteiger partial charge in [-0.1, -0.05) is 56.5 Å². The van der Waals surface area contributed by atoms with Crippen molar-refractivity contribution < 1.29 is 4.79 Å². The molecule has 35 heavy (non-hydrogen) atoms. The van der Waals surface area contributed by atoms with Gasteiger partial charge in [-0.15, -0.1) is 0 Å². The van der Waals surface area contributed by atoms with Crippen LogP contribution in [0.2, 0.25) is 0 Å². The summed E-state index contributed by atoms with van der Waals surface area (Å²) in [4.78, 5) is 19.4. The minimum absolute atomic E-state index is 0.0245. The number of carbonyl (C=O) groups excluding carboxylic acids is 1. The van der Waals surface area contributed by atoms with Crippen LogP contribution in [-0.2, 0) is 24.4 Å². The first-order valence-corrected chi connectivity index (χ1v) is 13.6. The SMILES string of the molecule is C[C@@H]1C(=O)N(Cc2ccc(CNCCCNC3CCCCC3)cc2)CCC1NCc1ccccn1. The maximum atomic E-state index is 13.0. The number of piperidine rings is 1. The van der Waals surface area contributed by atoms with Gasteiger partial charge in [0.2, 0.25) is 5.91 Å². The average Bonchev–Trinajstić information content (AvgIpc) is 2.90. The number of aromatic nitrogens is 1. The molecule has 4 rings (SSSR count). The summed E-state index contributed by atoms with van der Waals surface area (Å²) in [7, 11) is 0. The molecule has 1 unspecified atom stereocenters. The van der Waals surface area contributed by atoms with E-state index < -0.39 is 0 Å². The minimum Gasteiger partial charge on any atom is -0.338 e. The predicted molar refractivity (Wildman–Crippen MR) is 142 cm³/mol. The van der Waals surface area contributed by atoms with Crippen molar-refractivity contribution in [3.63, 3.8) is 0 Å². The molecule has 1 saturated heterocycles. The average molecular weight is 478 g/mol. The summed E-state index contributed by atoms with van der Waals surface area (Å²) in [6.07, 6.45) is 10.8. The third kappa shape index (κ3) is 8.13. The number of pyridine rings is 1. The standard InChI is InChI=1S/C29H43N5O/c1-23-28(33-21-27-10-5-6-17-32-27)15-19-34(29(23)35)22-25-13-11-24(12-14-25)20-30-16-7-18-31-26-8-3-2-4-9-26/h5-6,10-14,17,23,26,28,30-31,33H,2-4,7-9,15-16,18-22H2,1H3/t23-,28?/m0/s1. The first-order valence-electron chi connectivity index (χ1n) is 13.6. The lowest BCUT2D eigenvalue weighted by Gasteiger charge is -2.37. The number of hydrogen-bond acceptors (Lipinski definition) is 5. The molecular formula is C29H43N5O. The molecule has 2 aliphatic rings. The summed E-state index contributed by atoms with van der Waals surface area (Å²) in [5, 5.41) is 10.8. The number of rotatable bonds is 12. The summed E-state index contributed by atoms with van der Waals surface area (Å²) in [5.74, 6) is 0.214. The minimum atomic E-state index is -0.0245. The van der Waals surface area contributed by atoms with Crippen LogP contribution in [0.25, 0.3) is 0 Å². The fourth-order valence-corrected chi connectivity index (χ4v) is 5.33. The zero-order valence-electron chi connectivity index (χ0n) is 21.3. The first-order chi connectivity index (χ1) is 17.2. The van der Waals surface area contributed by atoms with Gasteiger partial charge >= 0.3 is 0 Å². The van der Waals surface area contributed by atoms with Crippen LogP contribution in [0.5, 0.6) is 0 Å². The number of likely N-dealkylation sites (tertiary alicyclic amines) is 1. The smallest absolute Gasteiger partial charge is 0.227 e. The van der Waals surface area contributed by atoms with Gasteiger partial charge < -0.3 is 20.9 Å². The molecule has 1 aliphatic carbocycles. The van der Waals surface area contributed by atoms with Gasteiger partial charge in [0.25, 0.3) is 0 Å². The van der Waals surface area contributed by atoms with Gasteiger partial charge in [0.1, 0.15) is 0 Å². The maximum absolute atomic E-state index is 13.0. The third-order valence-electron chi connectivity index (χ3n) is 7.58. The first kappa shape index (κ1) is 25.8. The Balaban J connectivity index is 1.13. The van der Waals surface area contributed by atoms with E-state index in [0.29, 0.717) is 13.1 Å². The summed E-state index contributed by atoms with van der Waals surface area (Å²) >= 11 is 0. The van der Waals surface area contributed by atoms with Crippen molar-refractivity contribution in [3.05, 3.63) is 65.5 Å². The number of carbonyl (C=O) groups is 1. The second kappa shape index (κ2) is 13.7. The Morgan fingerprint density at radius 1 is 0.914 bits per heavy atom. The normalized spacial score (nSPS) is 21.4. The molecule has 1 aliphatic heterocycles. The van der Waals surface area contributed by atoms with Crippen molar-refractivity contribution >= 4 is 5.91 Å². The number of benzene rings is 1. The van der Waals surface area contributed by atoms with Crippen molar-refractivity contribution in [1.29, 1.82) is 0 Å². The topological polar surface area (TPSA) is 69.3 Å². The van der Waals surface area contributed by atoms with Crippen LogP contribution in [0.3, 0.4) is 0 Å². The van der Waals surface area contributed by atoms with Gasteiger partial charge in [0, 0.05) is 44.5 Å². The van der Waals surface area contributed by atoms with E-state index in [9.17, 15) is 4.79 Å².